The lowest BCUT2D eigenvalue weighted by Crippen LogP contribution is -2.30. The van der Waals surface area contributed by atoms with Crippen molar-refractivity contribution in [2.24, 2.45) is 5.92 Å². The summed E-state index contributed by atoms with van der Waals surface area (Å²) in [6, 6.07) is 5.52. The molecule has 1 heterocycles. The first kappa shape index (κ1) is 14.4. The van der Waals surface area contributed by atoms with E-state index in [0.29, 0.717) is 25.1 Å². The average molecular weight is 287 g/mol. The van der Waals surface area contributed by atoms with Gasteiger partial charge < -0.3 is 5.11 Å². The quantitative estimate of drug-likeness (QED) is 0.889. The van der Waals surface area contributed by atoms with Crippen molar-refractivity contribution in [3.8, 4) is 0 Å². The van der Waals surface area contributed by atoms with Crippen molar-refractivity contribution in [1.29, 1.82) is 0 Å². The Morgan fingerprint density at radius 2 is 2.00 bits per heavy atom. The van der Waals surface area contributed by atoms with E-state index in [4.69, 9.17) is 5.11 Å². The van der Waals surface area contributed by atoms with Crippen molar-refractivity contribution in [2.45, 2.75) is 18.6 Å². The number of aliphatic hydroxyl groups is 1. The maximum atomic E-state index is 12.8. The van der Waals surface area contributed by atoms with Crippen LogP contribution >= 0.6 is 0 Å². The van der Waals surface area contributed by atoms with Gasteiger partial charge in [0.1, 0.15) is 5.82 Å². The van der Waals surface area contributed by atoms with Crippen LogP contribution in [0.1, 0.15) is 18.4 Å². The first-order valence-corrected chi connectivity index (χ1v) is 7.95. The Hall–Kier alpha value is -0.980. The topological polar surface area (TPSA) is 57.6 Å². The zero-order chi connectivity index (χ0) is 13.9. The number of sulfonamides is 1. The van der Waals surface area contributed by atoms with Crippen LogP contribution in [0.2, 0.25) is 0 Å². The second kappa shape index (κ2) is 5.98. The van der Waals surface area contributed by atoms with E-state index in [9.17, 15) is 12.8 Å². The van der Waals surface area contributed by atoms with E-state index in [1.54, 1.807) is 0 Å². The number of halogens is 1. The van der Waals surface area contributed by atoms with Gasteiger partial charge >= 0.3 is 0 Å². The van der Waals surface area contributed by atoms with Gasteiger partial charge in [-0.1, -0.05) is 12.1 Å². The summed E-state index contributed by atoms with van der Waals surface area (Å²) in [6.45, 7) is 1.08. The molecule has 1 N–H and O–H groups in total. The maximum Gasteiger partial charge on any atom is 0.218 e. The van der Waals surface area contributed by atoms with Crippen LogP contribution in [-0.2, 0) is 15.8 Å². The van der Waals surface area contributed by atoms with Gasteiger partial charge in [0, 0.05) is 19.7 Å². The second-order valence-corrected chi connectivity index (χ2v) is 6.88. The molecule has 0 spiro atoms. The fourth-order valence-corrected chi connectivity index (χ4v) is 3.97. The van der Waals surface area contributed by atoms with Crippen LogP contribution in [0.25, 0.3) is 0 Å². The summed E-state index contributed by atoms with van der Waals surface area (Å²) in [5.74, 6) is -0.225. The molecule has 0 aliphatic carbocycles. The molecule has 2 rings (SSSR count). The number of hydrogen-bond acceptors (Lipinski definition) is 3. The molecule has 19 heavy (non-hydrogen) atoms. The third-order valence-electron chi connectivity index (χ3n) is 3.44. The van der Waals surface area contributed by atoms with Crippen molar-refractivity contribution in [2.75, 3.05) is 19.7 Å². The van der Waals surface area contributed by atoms with E-state index in [0.717, 1.165) is 6.42 Å². The van der Waals surface area contributed by atoms with E-state index in [1.807, 2.05) is 0 Å². The van der Waals surface area contributed by atoms with Gasteiger partial charge in [-0.15, -0.1) is 0 Å². The monoisotopic (exact) mass is 287 g/mol. The van der Waals surface area contributed by atoms with Crippen LogP contribution in [0.15, 0.2) is 24.3 Å². The first-order valence-electron chi connectivity index (χ1n) is 6.34. The lowest BCUT2D eigenvalue weighted by Gasteiger charge is -2.16. The summed E-state index contributed by atoms with van der Waals surface area (Å²) in [4.78, 5) is 0. The molecule has 1 aromatic rings. The number of benzene rings is 1. The number of hydrogen-bond donors (Lipinski definition) is 1. The standard InChI is InChI=1S/C13H18FNO3S/c14-13-3-1-12(2-4-13)10-19(17,18)15-7-5-11(9-15)6-8-16/h1-4,11,16H,5-10H2. The molecule has 1 aliphatic rings. The largest absolute Gasteiger partial charge is 0.396 e. The van der Waals surface area contributed by atoms with Gasteiger partial charge in [0.2, 0.25) is 10.0 Å². The molecule has 0 radical (unpaired) electrons. The van der Waals surface area contributed by atoms with Crippen molar-refractivity contribution < 1.29 is 17.9 Å². The van der Waals surface area contributed by atoms with Crippen molar-refractivity contribution in [3.63, 3.8) is 0 Å². The van der Waals surface area contributed by atoms with Crippen LogP contribution in [0.5, 0.6) is 0 Å². The average Bonchev–Trinajstić information content (AvgIpc) is 2.82. The minimum absolute atomic E-state index is 0.0938. The molecule has 1 aromatic carbocycles. The van der Waals surface area contributed by atoms with Crippen LogP contribution < -0.4 is 0 Å². The third kappa shape index (κ3) is 3.75. The molecule has 0 saturated carbocycles. The Morgan fingerprint density at radius 3 is 2.63 bits per heavy atom. The molecule has 0 amide bonds. The zero-order valence-electron chi connectivity index (χ0n) is 10.6. The maximum absolute atomic E-state index is 12.8. The SMILES string of the molecule is O=S(=O)(Cc1ccc(F)cc1)N1CCC(CCO)C1. The molecular formula is C13H18FNO3S. The molecule has 1 saturated heterocycles. The minimum Gasteiger partial charge on any atom is -0.396 e. The molecule has 1 atom stereocenters. The fraction of sp³-hybridized carbons (Fsp3) is 0.538. The molecule has 1 fully saturated rings. The van der Waals surface area contributed by atoms with E-state index in [1.165, 1.54) is 28.6 Å². The molecule has 4 nitrogen and oxygen atoms in total. The molecule has 106 valence electrons. The van der Waals surface area contributed by atoms with Crippen LogP contribution in [0, 0.1) is 11.7 Å². The highest BCUT2D eigenvalue weighted by molar-refractivity contribution is 7.88. The lowest BCUT2D eigenvalue weighted by atomic mass is 10.1. The highest BCUT2D eigenvalue weighted by Crippen LogP contribution is 2.23. The van der Waals surface area contributed by atoms with Crippen molar-refractivity contribution in [1.82, 2.24) is 4.31 Å². The number of aliphatic hydroxyl groups excluding tert-OH is 1. The highest BCUT2D eigenvalue weighted by atomic mass is 32.2. The zero-order valence-corrected chi connectivity index (χ0v) is 11.4. The van der Waals surface area contributed by atoms with E-state index >= 15 is 0 Å². The van der Waals surface area contributed by atoms with Gasteiger partial charge in [-0.3, -0.25) is 0 Å². The lowest BCUT2D eigenvalue weighted by molar-refractivity contribution is 0.259. The Morgan fingerprint density at radius 1 is 1.32 bits per heavy atom. The summed E-state index contributed by atoms with van der Waals surface area (Å²) in [5.41, 5.74) is 0.590. The summed E-state index contributed by atoms with van der Waals surface area (Å²) >= 11 is 0. The summed E-state index contributed by atoms with van der Waals surface area (Å²) in [6.07, 6.45) is 1.44. The normalized spacial score (nSPS) is 20.8. The Kier molecular flexibility index (Phi) is 4.54. The molecule has 0 aromatic heterocycles. The van der Waals surface area contributed by atoms with Crippen LogP contribution in [0.4, 0.5) is 4.39 Å². The first-order chi connectivity index (χ1) is 9.01. The molecule has 6 heteroatoms. The molecule has 1 unspecified atom stereocenters. The molecular weight excluding hydrogens is 269 g/mol. The predicted octanol–water partition coefficient (Wildman–Crippen LogP) is 1.36. The third-order valence-corrected chi connectivity index (χ3v) is 5.26. The van der Waals surface area contributed by atoms with Gasteiger partial charge in [-0.2, -0.15) is 0 Å². The second-order valence-electron chi connectivity index (χ2n) is 4.91. The summed E-state index contributed by atoms with van der Waals surface area (Å²) in [7, 11) is -3.35. The van der Waals surface area contributed by atoms with Gasteiger partial charge in [0.05, 0.1) is 5.75 Å². The van der Waals surface area contributed by atoms with Crippen molar-refractivity contribution in [3.05, 3.63) is 35.6 Å². The summed E-state index contributed by atoms with van der Waals surface area (Å²) < 4.78 is 38.7. The highest BCUT2D eigenvalue weighted by Gasteiger charge is 2.30. The van der Waals surface area contributed by atoms with Crippen molar-refractivity contribution >= 4 is 10.0 Å². The molecule has 1 aliphatic heterocycles. The van der Waals surface area contributed by atoms with Gasteiger partial charge in [0.15, 0.2) is 0 Å². The molecule has 0 bridgehead atoms. The Bertz CT molecular complexity index is 515. The van der Waals surface area contributed by atoms with Gasteiger partial charge in [0.25, 0.3) is 0 Å². The predicted molar refractivity (Wildman–Crippen MR) is 70.4 cm³/mol. The Balaban J connectivity index is 2.01. The van der Waals surface area contributed by atoms with Gasteiger partial charge in [-0.25, -0.2) is 17.1 Å². The van der Waals surface area contributed by atoms with E-state index < -0.39 is 10.0 Å². The van der Waals surface area contributed by atoms with Crippen LogP contribution in [0.3, 0.4) is 0 Å². The van der Waals surface area contributed by atoms with Crippen LogP contribution in [-0.4, -0.2) is 37.5 Å². The Labute approximate surface area is 112 Å². The minimum atomic E-state index is -3.35. The van der Waals surface area contributed by atoms with E-state index in [-0.39, 0.29) is 24.1 Å². The number of rotatable bonds is 5. The fourth-order valence-electron chi connectivity index (χ4n) is 2.35. The smallest absolute Gasteiger partial charge is 0.218 e. The summed E-state index contributed by atoms with van der Waals surface area (Å²) in [5, 5.41) is 8.87. The van der Waals surface area contributed by atoms with E-state index in [2.05, 4.69) is 0 Å². The number of nitrogens with zero attached hydrogens (tertiary/aromatic N) is 1. The van der Waals surface area contributed by atoms with Gasteiger partial charge in [-0.05, 0) is 36.5 Å².